The van der Waals surface area contributed by atoms with Gasteiger partial charge in [0, 0.05) is 21.2 Å². The second kappa shape index (κ2) is 6.68. The summed E-state index contributed by atoms with van der Waals surface area (Å²) in [5.74, 6) is 0.836. The molecule has 0 radical (unpaired) electrons. The van der Waals surface area contributed by atoms with Gasteiger partial charge in [0.25, 0.3) is 0 Å². The highest BCUT2D eigenvalue weighted by molar-refractivity contribution is 7.98. The molecule has 2 aromatic carbocycles. The lowest BCUT2D eigenvalue weighted by Crippen LogP contribution is -2.12. The molecule has 0 spiro atoms. The van der Waals surface area contributed by atoms with Gasteiger partial charge in [-0.25, -0.2) is 0 Å². The molecule has 0 saturated heterocycles. The monoisotopic (exact) mass is 306 g/mol. The first-order valence-corrected chi connectivity index (χ1v) is 7.42. The smallest absolute Gasteiger partial charge is 0.170 e. The maximum absolute atomic E-state index is 8.64. The Labute approximate surface area is 127 Å². The zero-order chi connectivity index (χ0) is 14.5. The first kappa shape index (κ1) is 14.8. The quantitative estimate of drug-likeness (QED) is 0.295. The molecule has 0 aliphatic rings. The van der Waals surface area contributed by atoms with Gasteiger partial charge in [-0.3, -0.25) is 0 Å². The van der Waals surface area contributed by atoms with Gasteiger partial charge in [0.2, 0.25) is 0 Å². The van der Waals surface area contributed by atoms with Crippen LogP contribution in [0, 0.1) is 6.92 Å². The maximum atomic E-state index is 8.64. The van der Waals surface area contributed by atoms with Crippen LogP contribution >= 0.6 is 23.4 Å². The van der Waals surface area contributed by atoms with Crippen molar-refractivity contribution in [3.05, 3.63) is 64.2 Å². The summed E-state index contributed by atoms with van der Waals surface area (Å²) in [4.78, 5) is 1.20. The molecule has 3 N–H and O–H groups in total. The molecule has 0 saturated carbocycles. The van der Waals surface area contributed by atoms with Gasteiger partial charge in [-0.05, 0) is 30.7 Å². The van der Waals surface area contributed by atoms with Gasteiger partial charge in [0.1, 0.15) is 0 Å². The molecular formula is C15H15ClN2OS. The van der Waals surface area contributed by atoms with Gasteiger partial charge in [-0.2, -0.15) is 0 Å². The zero-order valence-electron chi connectivity index (χ0n) is 11.0. The third-order valence-corrected chi connectivity index (χ3v) is 4.28. The van der Waals surface area contributed by atoms with Crippen molar-refractivity contribution in [1.29, 1.82) is 0 Å². The third-order valence-electron chi connectivity index (χ3n) is 2.87. The number of halogens is 1. The summed E-state index contributed by atoms with van der Waals surface area (Å²) < 4.78 is 0. The van der Waals surface area contributed by atoms with E-state index in [1.807, 2.05) is 6.07 Å². The van der Waals surface area contributed by atoms with Crippen molar-refractivity contribution in [3.8, 4) is 0 Å². The van der Waals surface area contributed by atoms with Crippen LogP contribution in [-0.2, 0) is 5.75 Å². The molecule has 2 aromatic rings. The van der Waals surface area contributed by atoms with Crippen LogP contribution in [0.4, 0.5) is 0 Å². The van der Waals surface area contributed by atoms with Crippen LogP contribution in [0.5, 0.6) is 0 Å². The maximum Gasteiger partial charge on any atom is 0.170 e. The number of aryl methyl sites for hydroxylation is 1. The van der Waals surface area contributed by atoms with Gasteiger partial charge >= 0.3 is 0 Å². The minimum Gasteiger partial charge on any atom is -0.409 e. The van der Waals surface area contributed by atoms with E-state index in [0.29, 0.717) is 10.6 Å². The Hall–Kier alpha value is -1.65. The van der Waals surface area contributed by atoms with Crippen molar-refractivity contribution in [1.82, 2.24) is 0 Å². The van der Waals surface area contributed by atoms with E-state index in [2.05, 4.69) is 36.3 Å². The number of nitrogens with zero attached hydrogens (tertiary/aromatic N) is 1. The van der Waals surface area contributed by atoms with Crippen molar-refractivity contribution in [2.24, 2.45) is 10.9 Å². The van der Waals surface area contributed by atoms with Crippen LogP contribution in [0.1, 0.15) is 16.7 Å². The average Bonchev–Trinajstić information content (AvgIpc) is 2.46. The first-order chi connectivity index (χ1) is 9.60. The zero-order valence-corrected chi connectivity index (χ0v) is 12.6. The Morgan fingerprint density at radius 1 is 1.25 bits per heavy atom. The molecule has 5 heteroatoms. The van der Waals surface area contributed by atoms with Crippen LogP contribution in [-0.4, -0.2) is 11.0 Å². The van der Waals surface area contributed by atoms with Crippen molar-refractivity contribution < 1.29 is 5.21 Å². The Morgan fingerprint density at radius 2 is 1.95 bits per heavy atom. The molecule has 0 heterocycles. The molecule has 0 amide bonds. The predicted molar refractivity (Wildman–Crippen MR) is 84.7 cm³/mol. The number of thioether (sulfide) groups is 1. The van der Waals surface area contributed by atoms with Crippen LogP contribution in [0.15, 0.2) is 52.5 Å². The molecule has 0 atom stereocenters. The Kier molecular flexibility index (Phi) is 4.93. The minimum atomic E-state index is 0.0598. The van der Waals surface area contributed by atoms with E-state index in [1.165, 1.54) is 10.5 Å². The highest BCUT2D eigenvalue weighted by Gasteiger charge is 2.06. The number of benzene rings is 2. The third kappa shape index (κ3) is 3.68. The van der Waals surface area contributed by atoms with E-state index < -0.39 is 0 Å². The van der Waals surface area contributed by atoms with E-state index in [-0.39, 0.29) is 5.84 Å². The molecule has 0 bridgehead atoms. The Bertz CT molecular complexity index is 626. The highest BCUT2D eigenvalue weighted by atomic mass is 35.5. The number of oxime groups is 1. The summed E-state index contributed by atoms with van der Waals surface area (Å²) >= 11 is 7.94. The van der Waals surface area contributed by atoms with Crippen molar-refractivity contribution in [2.75, 3.05) is 0 Å². The van der Waals surface area contributed by atoms with Crippen molar-refractivity contribution in [2.45, 2.75) is 17.6 Å². The molecule has 0 fully saturated rings. The van der Waals surface area contributed by atoms with Gasteiger partial charge in [-0.15, -0.1) is 11.8 Å². The molecule has 0 aromatic heterocycles. The summed E-state index contributed by atoms with van der Waals surface area (Å²) in [6, 6.07) is 13.8. The predicted octanol–water partition coefficient (Wildman–Crippen LogP) is 4.04. The van der Waals surface area contributed by atoms with E-state index in [1.54, 1.807) is 23.9 Å². The summed E-state index contributed by atoms with van der Waals surface area (Å²) in [6.45, 7) is 2.07. The van der Waals surface area contributed by atoms with Crippen molar-refractivity contribution in [3.63, 3.8) is 0 Å². The highest BCUT2D eigenvalue weighted by Crippen LogP contribution is 2.27. The van der Waals surface area contributed by atoms with Crippen LogP contribution < -0.4 is 5.73 Å². The molecule has 0 aliphatic carbocycles. The molecule has 2 rings (SSSR count). The second-order valence-corrected chi connectivity index (χ2v) is 5.85. The summed E-state index contributed by atoms with van der Waals surface area (Å²) in [5, 5.41) is 12.2. The van der Waals surface area contributed by atoms with Crippen LogP contribution in [0.2, 0.25) is 5.02 Å². The SMILES string of the molecule is Cc1ccc(SCc2ccc(/C(N)=N/O)cc2Cl)cc1. The van der Waals surface area contributed by atoms with E-state index in [4.69, 9.17) is 22.5 Å². The number of amidine groups is 1. The fourth-order valence-electron chi connectivity index (χ4n) is 1.68. The first-order valence-electron chi connectivity index (χ1n) is 6.06. The van der Waals surface area contributed by atoms with Gasteiger partial charge < -0.3 is 10.9 Å². The summed E-state index contributed by atoms with van der Waals surface area (Å²) in [6.07, 6.45) is 0. The largest absolute Gasteiger partial charge is 0.409 e. The van der Waals surface area contributed by atoms with E-state index >= 15 is 0 Å². The second-order valence-electron chi connectivity index (χ2n) is 4.39. The number of hydrogen-bond donors (Lipinski definition) is 2. The minimum absolute atomic E-state index is 0.0598. The molecule has 20 heavy (non-hydrogen) atoms. The van der Waals surface area contributed by atoms with Gasteiger partial charge in [0.05, 0.1) is 0 Å². The van der Waals surface area contributed by atoms with Gasteiger partial charge in [-0.1, -0.05) is 46.6 Å². The van der Waals surface area contributed by atoms with Gasteiger partial charge in [0.15, 0.2) is 5.84 Å². The topological polar surface area (TPSA) is 58.6 Å². The fraction of sp³-hybridized carbons (Fsp3) is 0.133. The lowest BCUT2D eigenvalue weighted by Gasteiger charge is -2.07. The Balaban J connectivity index is 2.08. The average molecular weight is 307 g/mol. The standard InChI is InChI=1S/C15H15ClN2OS/c1-10-2-6-13(7-3-10)20-9-12-5-4-11(8-14(12)16)15(17)18-19/h2-8,19H,9H2,1H3,(H2,17,18). The summed E-state index contributed by atoms with van der Waals surface area (Å²) in [5.41, 5.74) is 8.41. The van der Waals surface area contributed by atoms with Crippen LogP contribution in [0.25, 0.3) is 0 Å². The molecular weight excluding hydrogens is 292 g/mol. The van der Waals surface area contributed by atoms with E-state index in [0.717, 1.165) is 11.3 Å². The van der Waals surface area contributed by atoms with E-state index in [9.17, 15) is 0 Å². The number of nitrogens with two attached hydrogens (primary N) is 1. The Morgan fingerprint density at radius 3 is 2.55 bits per heavy atom. The lowest BCUT2D eigenvalue weighted by molar-refractivity contribution is 0.318. The summed E-state index contributed by atoms with van der Waals surface area (Å²) in [7, 11) is 0. The number of rotatable bonds is 4. The normalized spacial score (nSPS) is 11.6. The number of hydrogen-bond acceptors (Lipinski definition) is 3. The van der Waals surface area contributed by atoms with Crippen LogP contribution in [0.3, 0.4) is 0 Å². The molecule has 104 valence electrons. The molecule has 0 unspecified atom stereocenters. The molecule has 3 nitrogen and oxygen atoms in total. The molecule has 0 aliphatic heterocycles. The lowest BCUT2D eigenvalue weighted by atomic mass is 10.1. The fourth-order valence-corrected chi connectivity index (χ4v) is 2.91. The van der Waals surface area contributed by atoms with Crippen molar-refractivity contribution >= 4 is 29.2 Å².